The fourth-order valence-corrected chi connectivity index (χ4v) is 7.15. The number of allylic oxidation sites excluding steroid dienone is 1. The van der Waals surface area contributed by atoms with Crippen LogP contribution < -0.4 is 0 Å². The van der Waals surface area contributed by atoms with E-state index in [9.17, 15) is 14.4 Å². The lowest BCUT2D eigenvalue weighted by molar-refractivity contribution is -0.157. The SMILES string of the molecule is CC(=O)OCC(=O)OCC[C@H]1C[C@H]2[C@@H]3CCC4=CC(=O)CC[C@@H]4[C@H]3CC[C@]2(C)C1. The molecule has 29 heavy (non-hydrogen) atoms. The molecule has 4 aliphatic carbocycles. The van der Waals surface area contributed by atoms with Crippen molar-refractivity contribution in [3.8, 4) is 0 Å². The van der Waals surface area contributed by atoms with Gasteiger partial charge in [-0.1, -0.05) is 12.5 Å². The quantitative estimate of drug-likeness (QED) is 0.643. The lowest BCUT2D eigenvalue weighted by Gasteiger charge is -2.52. The van der Waals surface area contributed by atoms with Crippen molar-refractivity contribution in [2.75, 3.05) is 13.2 Å². The Morgan fingerprint density at radius 3 is 2.76 bits per heavy atom. The van der Waals surface area contributed by atoms with Gasteiger partial charge >= 0.3 is 11.9 Å². The molecule has 3 fully saturated rings. The van der Waals surface area contributed by atoms with Crippen LogP contribution in [0.1, 0.15) is 71.6 Å². The Hall–Kier alpha value is -1.65. The minimum Gasteiger partial charge on any atom is -0.463 e. The minimum atomic E-state index is -0.461. The molecule has 3 saturated carbocycles. The zero-order valence-corrected chi connectivity index (χ0v) is 17.8. The number of esters is 2. The van der Waals surface area contributed by atoms with E-state index in [4.69, 9.17) is 4.74 Å². The summed E-state index contributed by atoms with van der Waals surface area (Å²) in [5.74, 6) is 2.99. The van der Waals surface area contributed by atoms with Crippen LogP contribution in [0.15, 0.2) is 11.6 Å². The molecule has 0 amide bonds. The maximum atomic E-state index is 11.8. The van der Waals surface area contributed by atoms with Crippen LogP contribution in [0.5, 0.6) is 0 Å². The van der Waals surface area contributed by atoms with Crippen LogP contribution in [0.3, 0.4) is 0 Å². The third-order valence-electron chi connectivity index (χ3n) is 8.34. The molecule has 6 atom stereocenters. The van der Waals surface area contributed by atoms with Gasteiger partial charge in [0.25, 0.3) is 0 Å². The first kappa shape index (κ1) is 20.6. The first-order valence-corrected chi connectivity index (χ1v) is 11.4. The Morgan fingerprint density at radius 2 is 1.97 bits per heavy atom. The van der Waals surface area contributed by atoms with Crippen molar-refractivity contribution in [1.29, 1.82) is 0 Å². The van der Waals surface area contributed by atoms with E-state index in [1.807, 2.05) is 6.08 Å². The number of rotatable bonds is 5. The molecular formula is C24H34O5. The second-order valence-corrected chi connectivity index (χ2v) is 10.1. The van der Waals surface area contributed by atoms with E-state index >= 15 is 0 Å². The molecule has 0 saturated heterocycles. The summed E-state index contributed by atoms with van der Waals surface area (Å²) in [6.45, 7) is 3.90. The molecule has 0 radical (unpaired) electrons. The van der Waals surface area contributed by atoms with Crippen LogP contribution in [-0.4, -0.2) is 30.9 Å². The Kier molecular flexibility index (Phi) is 5.85. The predicted molar refractivity (Wildman–Crippen MR) is 108 cm³/mol. The van der Waals surface area contributed by atoms with Crippen LogP contribution in [0, 0.1) is 35.0 Å². The largest absolute Gasteiger partial charge is 0.463 e. The van der Waals surface area contributed by atoms with Gasteiger partial charge in [-0.15, -0.1) is 0 Å². The van der Waals surface area contributed by atoms with E-state index in [0.29, 0.717) is 29.6 Å². The number of carbonyl (C=O) groups excluding carboxylic acids is 3. The zero-order chi connectivity index (χ0) is 20.6. The maximum absolute atomic E-state index is 11.8. The Bertz CT molecular complexity index is 710. The zero-order valence-electron chi connectivity index (χ0n) is 17.8. The third-order valence-corrected chi connectivity index (χ3v) is 8.34. The van der Waals surface area contributed by atoms with E-state index in [2.05, 4.69) is 11.7 Å². The van der Waals surface area contributed by atoms with Gasteiger partial charge in [-0.2, -0.15) is 0 Å². The van der Waals surface area contributed by atoms with Gasteiger partial charge in [-0.3, -0.25) is 9.59 Å². The lowest BCUT2D eigenvalue weighted by Crippen LogP contribution is -2.44. The molecule has 0 aromatic heterocycles. The lowest BCUT2D eigenvalue weighted by atomic mass is 9.52. The summed E-state index contributed by atoms with van der Waals surface area (Å²) in [7, 11) is 0. The summed E-state index contributed by atoms with van der Waals surface area (Å²) in [5.41, 5.74) is 1.86. The van der Waals surface area contributed by atoms with Crippen molar-refractivity contribution in [1.82, 2.24) is 0 Å². The average molecular weight is 403 g/mol. The molecule has 160 valence electrons. The Morgan fingerprint density at radius 1 is 1.14 bits per heavy atom. The van der Waals surface area contributed by atoms with Gasteiger partial charge in [-0.25, -0.2) is 4.79 Å². The van der Waals surface area contributed by atoms with Gasteiger partial charge in [0.05, 0.1) is 6.61 Å². The highest BCUT2D eigenvalue weighted by molar-refractivity contribution is 5.91. The van der Waals surface area contributed by atoms with E-state index in [1.165, 1.54) is 44.6 Å². The van der Waals surface area contributed by atoms with Crippen molar-refractivity contribution in [2.45, 2.75) is 71.6 Å². The highest BCUT2D eigenvalue weighted by Gasteiger charge is 2.54. The van der Waals surface area contributed by atoms with Crippen LogP contribution in [-0.2, 0) is 23.9 Å². The summed E-state index contributed by atoms with van der Waals surface area (Å²) in [6, 6.07) is 0. The Balaban J connectivity index is 1.33. The summed E-state index contributed by atoms with van der Waals surface area (Å²) < 4.78 is 9.96. The van der Waals surface area contributed by atoms with Crippen molar-refractivity contribution in [3.63, 3.8) is 0 Å². The smallest absolute Gasteiger partial charge is 0.344 e. The van der Waals surface area contributed by atoms with Gasteiger partial charge in [0.15, 0.2) is 12.4 Å². The van der Waals surface area contributed by atoms with Crippen LogP contribution in [0.4, 0.5) is 0 Å². The molecule has 0 heterocycles. The molecule has 0 bridgehead atoms. The topological polar surface area (TPSA) is 69.7 Å². The molecule has 0 aromatic carbocycles. The summed E-state index contributed by atoms with van der Waals surface area (Å²) in [5, 5.41) is 0. The van der Waals surface area contributed by atoms with Crippen molar-refractivity contribution < 1.29 is 23.9 Å². The van der Waals surface area contributed by atoms with Gasteiger partial charge in [0.1, 0.15) is 0 Å². The van der Waals surface area contributed by atoms with Crippen molar-refractivity contribution >= 4 is 17.7 Å². The molecular weight excluding hydrogens is 368 g/mol. The molecule has 0 spiro atoms. The van der Waals surface area contributed by atoms with Crippen LogP contribution >= 0.6 is 0 Å². The molecule has 0 unspecified atom stereocenters. The maximum Gasteiger partial charge on any atom is 0.344 e. The summed E-state index contributed by atoms with van der Waals surface area (Å²) >= 11 is 0. The second kappa shape index (κ2) is 8.23. The predicted octanol–water partition coefficient (Wildman–Crippen LogP) is 4.24. The first-order valence-electron chi connectivity index (χ1n) is 11.4. The fraction of sp³-hybridized carbons (Fsp3) is 0.792. The molecule has 0 aliphatic heterocycles. The number of fused-ring (bicyclic) bond motifs is 5. The van der Waals surface area contributed by atoms with E-state index in [1.54, 1.807) is 0 Å². The average Bonchev–Trinajstić information content (AvgIpc) is 3.02. The molecule has 4 aliphatic rings. The molecule has 5 heteroatoms. The number of carbonyl (C=O) groups is 3. The van der Waals surface area contributed by atoms with E-state index in [-0.39, 0.29) is 6.61 Å². The molecule has 5 nitrogen and oxygen atoms in total. The van der Waals surface area contributed by atoms with E-state index in [0.717, 1.165) is 43.4 Å². The van der Waals surface area contributed by atoms with Gasteiger partial charge in [0, 0.05) is 13.3 Å². The minimum absolute atomic E-state index is 0.288. The first-order chi connectivity index (χ1) is 13.9. The molecule has 0 N–H and O–H groups in total. The third kappa shape index (κ3) is 4.29. The standard InChI is InChI=1S/C24H34O5/c1-15(25)29-14-23(27)28-10-8-16-11-22-21-5-3-17-12-18(26)4-6-19(17)20(21)7-9-24(22,2)13-16/h12,16,19-22H,3-11,13-14H2,1-2H3/t16-,19-,20+,21+,22-,24+/m0/s1. The van der Waals surface area contributed by atoms with Crippen molar-refractivity contribution in [3.05, 3.63) is 11.6 Å². The number of hydrogen-bond acceptors (Lipinski definition) is 5. The van der Waals surface area contributed by atoms with Crippen molar-refractivity contribution in [2.24, 2.45) is 35.0 Å². The number of ketones is 1. The molecule has 4 rings (SSSR count). The Labute approximate surface area is 173 Å². The number of ether oxygens (including phenoxy) is 2. The summed E-state index contributed by atoms with van der Waals surface area (Å²) in [6.07, 6.45) is 12.1. The van der Waals surface area contributed by atoms with Gasteiger partial charge < -0.3 is 9.47 Å². The normalized spacial score (nSPS) is 38.3. The monoisotopic (exact) mass is 402 g/mol. The highest BCUT2D eigenvalue weighted by Crippen LogP contribution is 2.63. The number of hydrogen-bond donors (Lipinski definition) is 0. The molecule has 0 aromatic rings. The summed E-state index contributed by atoms with van der Waals surface area (Å²) in [4.78, 5) is 34.3. The van der Waals surface area contributed by atoms with Crippen LogP contribution in [0.25, 0.3) is 0 Å². The highest BCUT2D eigenvalue weighted by atomic mass is 16.6. The van der Waals surface area contributed by atoms with E-state index < -0.39 is 11.9 Å². The van der Waals surface area contributed by atoms with Gasteiger partial charge in [0.2, 0.25) is 0 Å². The van der Waals surface area contributed by atoms with Gasteiger partial charge in [-0.05, 0) is 92.4 Å². The van der Waals surface area contributed by atoms with Crippen LogP contribution in [0.2, 0.25) is 0 Å². The second-order valence-electron chi connectivity index (χ2n) is 10.1. The fourth-order valence-electron chi connectivity index (χ4n) is 7.15.